The first kappa shape index (κ1) is 25.7. The Hall–Kier alpha value is -4.39. The van der Waals surface area contributed by atoms with Gasteiger partial charge in [-0.25, -0.2) is 0 Å². The van der Waals surface area contributed by atoms with E-state index in [0.717, 1.165) is 11.8 Å². The molecule has 0 bridgehead atoms. The van der Waals surface area contributed by atoms with Crippen molar-refractivity contribution in [1.29, 1.82) is 0 Å². The summed E-state index contributed by atoms with van der Waals surface area (Å²) in [6.45, 7) is 6.85. The molecule has 7 heteroatoms. The van der Waals surface area contributed by atoms with E-state index in [1.165, 1.54) is 5.56 Å². The van der Waals surface area contributed by atoms with Gasteiger partial charge in [-0.1, -0.05) is 68.4 Å². The summed E-state index contributed by atoms with van der Waals surface area (Å²) in [6, 6.07) is 23.6. The quantitative estimate of drug-likeness (QED) is 0.505. The van der Waals surface area contributed by atoms with E-state index in [4.69, 9.17) is 0 Å². The van der Waals surface area contributed by atoms with Crippen LogP contribution in [-0.2, 0) is 9.59 Å². The van der Waals surface area contributed by atoms with E-state index in [0.29, 0.717) is 48.9 Å². The Kier molecular flexibility index (Phi) is 8.03. The van der Waals surface area contributed by atoms with Crippen molar-refractivity contribution in [2.24, 2.45) is 0 Å². The predicted molar refractivity (Wildman–Crippen MR) is 143 cm³/mol. The number of hydrogen-bond acceptors (Lipinski definition) is 5. The number of carboxylic acid groups (broad SMARTS) is 1. The molecule has 1 fully saturated rings. The summed E-state index contributed by atoms with van der Waals surface area (Å²) in [4.78, 5) is 41.7. The SMILES string of the molecule is CC(C)c1ccc(N2CCN(C(=O)c3ccccc3NC(=O)/C=C(\C(=O)[O-])c3ccccc3)CC2)cc1. The van der Waals surface area contributed by atoms with E-state index in [9.17, 15) is 19.5 Å². The van der Waals surface area contributed by atoms with Gasteiger partial charge < -0.3 is 25.0 Å². The summed E-state index contributed by atoms with van der Waals surface area (Å²) in [6.07, 6.45) is 0.981. The van der Waals surface area contributed by atoms with Crippen molar-refractivity contribution in [1.82, 2.24) is 4.90 Å². The Morgan fingerprint density at radius 2 is 1.46 bits per heavy atom. The van der Waals surface area contributed by atoms with Gasteiger partial charge in [0, 0.05) is 43.5 Å². The number of carbonyl (C=O) groups is 3. The summed E-state index contributed by atoms with van der Waals surface area (Å²) in [5.41, 5.74) is 3.23. The Labute approximate surface area is 217 Å². The molecule has 1 saturated heterocycles. The maximum atomic E-state index is 13.4. The maximum Gasteiger partial charge on any atom is 0.256 e. The lowest BCUT2D eigenvalue weighted by molar-refractivity contribution is -0.295. The van der Waals surface area contributed by atoms with Crippen molar-refractivity contribution >= 4 is 34.7 Å². The molecular weight excluding hydrogens is 466 g/mol. The maximum absolute atomic E-state index is 13.4. The average Bonchev–Trinajstić information content (AvgIpc) is 2.92. The normalized spacial score (nSPS) is 14.0. The van der Waals surface area contributed by atoms with Crippen LogP contribution in [0.15, 0.2) is 84.9 Å². The third-order valence-corrected chi connectivity index (χ3v) is 6.49. The zero-order valence-corrected chi connectivity index (χ0v) is 21.0. The Morgan fingerprint density at radius 1 is 0.838 bits per heavy atom. The molecule has 1 aliphatic rings. The minimum absolute atomic E-state index is 0.183. The number of piperazine rings is 1. The minimum atomic E-state index is -1.46. The van der Waals surface area contributed by atoms with E-state index in [2.05, 4.69) is 48.3 Å². The average molecular weight is 497 g/mol. The van der Waals surface area contributed by atoms with Gasteiger partial charge in [-0.3, -0.25) is 9.59 Å². The van der Waals surface area contributed by atoms with Crippen molar-refractivity contribution in [2.45, 2.75) is 19.8 Å². The van der Waals surface area contributed by atoms with Crippen LogP contribution in [0.4, 0.5) is 11.4 Å². The summed E-state index contributed by atoms with van der Waals surface area (Å²) in [5, 5.41) is 14.3. The van der Waals surface area contributed by atoms with Crippen LogP contribution in [0.3, 0.4) is 0 Å². The minimum Gasteiger partial charge on any atom is -0.545 e. The first-order valence-electron chi connectivity index (χ1n) is 12.4. The first-order chi connectivity index (χ1) is 17.8. The fourth-order valence-electron chi connectivity index (χ4n) is 4.36. The molecule has 4 rings (SSSR count). The van der Waals surface area contributed by atoms with E-state index in [-0.39, 0.29) is 11.5 Å². The van der Waals surface area contributed by atoms with Crippen LogP contribution in [0.5, 0.6) is 0 Å². The molecule has 2 amide bonds. The molecule has 0 spiro atoms. The highest BCUT2D eigenvalue weighted by atomic mass is 16.4. The highest BCUT2D eigenvalue weighted by molar-refractivity contribution is 6.21. The lowest BCUT2D eigenvalue weighted by Crippen LogP contribution is -2.49. The topological polar surface area (TPSA) is 92.8 Å². The van der Waals surface area contributed by atoms with Crippen LogP contribution >= 0.6 is 0 Å². The molecule has 0 unspecified atom stereocenters. The lowest BCUT2D eigenvalue weighted by Gasteiger charge is -2.36. The summed E-state index contributed by atoms with van der Waals surface area (Å²) >= 11 is 0. The number of nitrogens with zero attached hydrogens (tertiary/aromatic N) is 2. The lowest BCUT2D eigenvalue weighted by atomic mass is 10.0. The zero-order valence-electron chi connectivity index (χ0n) is 21.0. The number of carbonyl (C=O) groups excluding carboxylic acids is 3. The predicted octanol–water partition coefficient (Wildman–Crippen LogP) is 3.54. The van der Waals surface area contributed by atoms with E-state index in [1.807, 2.05) is 0 Å². The van der Waals surface area contributed by atoms with Gasteiger partial charge in [0.25, 0.3) is 5.91 Å². The van der Waals surface area contributed by atoms with Gasteiger partial charge in [-0.2, -0.15) is 0 Å². The Balaban J connectivity index is 1.44. The standard InChI is InChI=1S/C30H31N3O4/c1-21(2)22-12-14-24(15-13-22)32-16-18-33(19-17-32)29(35)25-10-6-7-11-27(25)31-28(34)20-26(30(36)37)23-8-4-3-5-9-23/h3-15,20-21H,16-19H2,1-2H3,(H,31,34)(H,36,37)/p-1/b26-20-. The third kappa shape index (κ3) is 6.25. The molecule has 1 aliphatic heterocycles. The van der Waals surface area contributed by atoms with Crippen molar-refractivity contribution < 1.29 is 19.5 Å². The fourth-order valence-corrected chi connectivity index (χ4v) is 4.36. The van der Waals surface area contributed by atoms with Gasteiger partial charge in [0.05, 0.1) is 17.2 Å². The molecule has 7 nitrogen and oxygen atoms in total. The van der Waals surface area contributed by atoms with Crippen LogP contribution < -0.4 is 15.3 Å². The van der Waals surface area contributed by atoms with Gasteiger partial charge in [-0.05, 0) is 41.3 Å². The van der Waals surface area contributed by atoms with Crippen LogP contribution in [0.25, 0.3) is 5.57 Å². The summed E-state index contributed by atoms with van der Waals surface area (Å²) in [7, 11) is 0. The number of nitrogens with one attached hydrogen (secondary N) is 1. The number of rotatable bonds is 7. The highest BCUT2D eigenvalue weighted by Crippen LogP contribution is 2.23. The largest absolute Gasteiger partial charge is 0.545 e. The highest BCUT2D eigenvalue weighted by Gasteiger charge is 2.24. The van der Waals surface area contributed by atoms with Gasteiger partial charge in [0.15, 0.2) is 0 Å². The molecule has 0 aromatic heterocycles. The molecule has 3 aromatic carbocycles. The second-order valence-corrected chi connectivity index (χ2v) is 9.27. The number of benzene rings is 3. The van der Waals surface area contributed by atoms with E-state index in [1.54, 1.807) is 59.5 Å². The second-order valence-electron chi connectivity index (χ2n) is 9.27. The molecule has 0 atom stereocenters. The second kappa shape index (κ2) is 11.6. The number of anilines is 2. The smallest absolute Gasteiger partial charge is 0.256 e. The van der Waals surface area contributed by atoms with Gasteiger partial charge in [0.2, 0.25) is 5.91 Å². The first-order valence-corrected chi connectivity index (χ1v) is 12.4. The zero-order chi connectivity index (χ0) is 26.4. The summed E-state index contributed by atoms with van der Waals surface area (Å²) in [5.74, 6) is -1.82. The fraction of sp³-hybridized carbons (Fsp3) is 0.233. The Morgan fingerprint density at radius 3 is 2.08 bits per heavy atom. The van der Waals surface area contributed by atoms with Gasteiger partial charge >= 0.3 is 0 Å². The van der Waals surface area contributed by atoms with Gasteiger partial charge in [0.1, 0.15) is 0 Å². The van der Waals surface area contributed by atoms with Crippen LogP contribution in [0.1, 0.15) is 41.3 Å². The van der Waals surface area contributed by atoms with Crippen LogP contribution in [0, 0.1) is 0 Å². The molecule has 1 heterocycles. The third-order valence-electron chi connectivity index (χ3n) is 6.49. The monoisotopic (exact) mass is 496 g/mol. The van der Waals surface area contributed by atoms with Gasteiger partial charge in [-0.15, -0.1) is 0 Å². The Bertz CT molecular complexity index is 1290. The number of aliphatic carboxylic acids is 1. The number of hydrogen-bond donors (Lipinski definition) is 1. The molecule has 0 radical (unpaired) electrons. The van der Waals surface area contributed by atoms with E-state index < -0.39 is 11.9 Å². The number of para-hydroxylation sites is 1. The van der Waals surface area contributed by atoms with Crippen molar-refractivity contribution in [3.63, 3.8) is 0 Å². The van der Waals surface area contributed by atoms with Crippen LogP contribution in [-0.4, -0.2) is 48.9 Å². The summed E-state index contributed by atoms with van der Waals surface area (Å²) < 4.78 is 0. The number of amides is 2. The van der Waals surface area contributed by atoms with E-state index >= 15 is 0 Å². The van der Waals surface area contributed by atoms with Crippen LogP contribution in [0.2, 0.25) is 0 Å². The van der Waals surface area contributed by atoms with Crippen molar-refractivity contribution in [2.75, 3.05) is 36.4 Å². The molecule has 190 valence electrons. The number of carboxylic acids is 1. The van der Waals surface area contributed by atoms with Crippen molar-refractivity contribution in [3.8, 4) is 0 Å². The molecule has 3 aromatic rings. The molecule has 0 saturated carbocycles. The molecular formula is C30H30N3O4-. The molecule has 0 aliphatic carbocycles. The van der Waals surface area contributed by atoms with Crippen molar-refractivity contribution in [3.05, 3.63) is 102 Å². The molecule has 37 heavy (non-hydrogen) atoms. The molecule has 1 N–H and O–H groups in total.